The topological polar surface area (TPSA) is 151 Å². The van der Waals surface area contributed by atoms with E-state index in [9.17, 15) is 23.4 Å². The number of benzene rings is 1. The number of carbonyl (C=O) groups excluding carboxylic acids is 1. The summed E-state index contributed by atoms with van der Waals surface area (Å²) in [6.45, 7) is 1.26. The van der Waals surface area contributed by atoms with Crippen LogP contribution in [0.3, 0.4) is 0 Å². The summed E-state index contributed by atoms with van der Waals surface area (Å²) in [5.74, 6) is -0.878. The molecule has 1 aromatic rings. The maximum atomic E-state index is 11.9. The molecule has 23 heavy (non-hydrogen) atoms. The van der Waals surface area contributed by atoms with E-state index in [4.69, 9.17) is 10.5 Å². The fraction of sp³-hybridized carbons (Fsp3) is 0.462. The number of rotatable bonds is 5. The lowest BCUT2D eigenvalue weighted by atomic mass is 10.1. The summed E-state index contributed by atoms with van der Waals surface area (Å²) in [4.78, 5) is 11.9. The zero-order chi connectivity index (χ0) is 17.2. The highest BCUT2D eigenvalue weighted by Crippen LogP contribution is 2.20. The molecule has 1 aliphatic heterocycles. The molecule has 0 radical (unpaired) electrons. The lowest BCUT2D eigenvalue weighted by Gasteiger charge is -2.16. The van der Waals surface area contributed by atoms with E-state index in [0.717, 1.165) is 0 Å². The fourth-order valence-corrected chi connectivity index (χ4v) is 3.02. The van der Waals surface area contributed by atoms with Gasteiger partial charge in [0.15, 0.2) is 0 Å². The normalized spacial score (nSPS) is 27.8. The van der Waals surface area contributed by atoms with Crippen molar-refractivity contribution in [1.29, 1.82) is 0 Å². The van der Waals surface area contributed by atoms with Gasteiger partial charge in [-0.25, -0.2) is 4.72 Å². The van der Waals surface area contributed by atoms with E-state index in [-0.39, 0.29) is 17.8 Å². The van der Waals surface area contributed by atoms with Crippen LogP contribution < -0.4 is 15.2 Å². The number of amides is 1. The summed E-state index contributed by atoms with van der Waals surface area (Å²) in [6.07, 6.45) is -3.83. The maximum absolute atomic E-state index is 11.9. The summed E-state index contributed by atoms with van der Waals surface area (Å²) in [7, 11) is -4.17. The van der Waals surface area contributed by atoms with E-state index in [2.05, 4.69) is 4.72 Å². The lowest BCUT2D eigenvalue weighted by molar-refractivity contribution is 0.0201. The standard InChI is InChI=1S/C13H19N3O6S/c1-7-11(17)12(18)10(22-7)6-15-23(20,21)16-13(19)8-4-2-3-5-9(8)14/h2-5,7,10-12,15,17-18H,6,14H2,1H3,(H,16,19)/t7-,10+,11-,12+/m0/s1. The van der Waals surface area contributed by atoms with Gasteiger partial charge in [0.2, 0.25) is 0 Å². The van der Waals surface area contributed by atoms with Crippen LogP contribution in [0.2, 0.25) is 0 Å². The number of hydrogen-bond donors (Lipinski definition) is 5. The predicted molar refractivity (Wildman–Crippen MR) is 81.6 cm³/mol. The zero-order valence-corrected chi connectivity index (χ0v) is 13.2. The zero-order valence-electron chi connectivity index (χ0n) is 12.3. The van der Waals surface area contributed by atoms with Crippen LogP contribution in [0.1, 0.15) is 17.3 Å². The maximum Gasteiger partial charge on any atom is 0.301 e. The Labute approximate surface area is 133 Å². The van der Waals surface area contributed by atoms with Crippen molar-refractivity contribution in [2.24, 2.45) is 0 Å². The SMILES string of the molecule is C[C@@H]1O[C@H](CNS(=O)(=O)NC(=O)c2ccccc2N)[C@@H](O)[C@H]1O. The first-order chi connectivity index (χ1) is 10.7. The van der Waals surface area contributed by atoms with Gasteiger partial charge < -0.3 is 20.7 Å². The second kappa shape index (κ2) is 6.81. The highest BCUT2D eigenvalue weighted by atomic mass is 32.2. The molecule has 1 heterocycles. The van der Waals surface area contributed by atoms with Crippen molar-refractivity contribution in [2.75, 3.05) is 12.3 Å². The van der Waals surface area contributed by atoms with Crippen molar-refractivity contribution in [3.63, 3.8) is 0 Å². The van der Waals surface area contributed by atoms with E-state index in [1.807, 2.05) is 4.72 Å². The average Bonchev–Trinajstić information content (AvgIpc) is 2.72. The Morgan fingerprint density at radius 1 is 1.30 bits per heavy atom. The van der Waals surface area contributed by atoms with E-state index < -0.39 is 40.5 Å². The molecule has 1 saturated heterocycles. The monoisotopic (exact) mass is 345 g/mol. The van der Waals surface area contributed by atoms with Crippen LogP contribution in [0.4, 0.5) is 5.69 Å². The van der Waals surface area contributed by atoms with Gasteiger partial charge in [-0.15, -0.1) is 0 Å². The third-order valence-electron chi connectivity index (χ3n) is 3.51. The van der Waals surface area contributed by atoms with Gasteiger partial charge >= 0.3 is 10.2 Å². The molecule has 0 unspecified atom stereocenters. The molecule has 1 amide bonds. The first-order valence-corrected chi connectivity index (χ1v) is 8.37. The van der Waals surface area contributed by atoms with Crippen molar-refractivity contribution < 1.29 is 28.2 Å². The molecule has 0 spiro atoms. The molecule has 1 aliphatic rings. The first-order valence-electron chi connectivity index (χ1n) is 6.89. The first kappa shape index (κ1) is 17.6. The minimum absolute atomic E-state index is 0.0269. The van der Waals surface area contributed by atoms with Crippen LogP contribution >= 0.6 is 0 Å². The third kappa shape index (κ3) is 4.18. The van der Waals surface area contributed by atoms with Crippen molar-refractivity contribution >= 4 is 21.8 Å². The molecule has 0 bridgehead atoms. The minimum Gasteiger partial charge on any atom is -0.398 e. The molecule has 9 nitrogen and oxygen atoms in total. The van der Waals surface area contributed by atoms with Gasteiger partial charge in [-0.3, -0.25) is 4.79 Å². The Bertz CT molecular complexity index is 680. The summed E-state index contributed by atoms with van der Waals surface area (Å²) in [6, 6.07) is 6.03. The summed E-state index contributed by atoms with van der Waals surface area (Å²) >= 11 is 0. The third-order valence-corrected chi connectivity index (χ3v) is 4.51. The number of ether oxygens (including phenoxy) is 1. The van der Waals surface area contributed by atoms with Crippen molar-refractivity contribution in [1.82, 2.24) is 9.44 Å². The van der Waals surface area contributed by atoms with Gasteiger partial charge in [-0.05, 0) is 19.1 Å². The molecule has 1 aromatic carbocycles. The average molecular weight is 345 g/mol. The molecule has 10 heteroatoms. The van der Waals surface area contributed by atoms with E-state index in [1.54, 1.807) is 19.1 Å². The number of hydrogen-bond acceptors (Lipinski definition) is 7. The molecule has 128 valence electrons. The van der Waals surface area contributed by atoms with Gasteiger partial charge in [-0.2, -0.15) is 13.1 Å². The molecule has 4 atom stereocenters. The minimum atomic E-state index is -4.17. The second-order valence-electron chi connectivity index (χ2n) is 5.23. The van der Waals surface area contributed by atoms with Gasteiger partial charge in [0.25, 0.3) is 5.91 Å². The number of anilines is 1. The van der Waals surface area contributed by atoms with Gasteiger partial charge in [-0.1, -0.05) is 12.1 Å². The molecular weight excluding hydrogens is 326 g/mol. The van der Waals surface area contributed by atoms with Crippen molar-refractivity contribution in [3.05, 3.63) is 29.8 Å². The van der Waals surface area contributed by atoms with Crippen molar-refractivity contribution in [2.45, 2.75) is 31.3 Å². The predicted octanol–water partition coefficient (Wildman–Crippen LogP) is -1.66. The highest BCUT2D eigenvalue weighted by Gasteiger charge is 2.40. The molecule has 2 rings (SSSR count). The Morgan fingerprint density at radius 3 is 2.52 bits per heavy atom. The number of para-hydroxylation sites is 1. The lowest BCUT2D eigenvalue weighted by Crippen LogP contribution is -2.45. The number of aliphatic hydroxyl groups excluding tert-OH is 2. The van der Waals surface area contributed by atoms with Crippen LogP contribution in [0, 0.1) is 0 Å². The molecule has 0 aromatic heterocycles. The summed E-state index contributed by atoms with van der Waals surface area (Å²) in [5.41, 5.74) is 5.78. The molecule has 0 saturated carbocycles. The molecule has 0 aliphatic carbocycles. The van der Waals surface area contributed by atoms with Crippen LogP contribution in [0.5, 0.6) is 0 Å². The van der Waals surface area contributed by atoms with E-state index >= 15 is 0 Å². The van der Waals surface area contributed by atoms with Crippen LogP contribution in [-0.2, 0) is 14.9 Å². The smallest absolute Gasteiger partial charge is 0.301 e. The molecule has 6 N–H and O–H groups in total. The number of nitrogens with one attached hydrogen (secondary N) is 2. The number of nitrogen functional groups attached to an aromatic ring is 1. The van der Waals surface area contributed by atoms with Gasteiger partial charge in [0, 0.05) is 12.2 Å². The summed E-state index contributed by atoms with van der Waals surface area (Å²) < 4.78 is 32.9. The fourth-order valence-electron chi connectivity index (χ4n) is 2.21. The largest absolute Gasteiger partial charge is 0.398 e. The Balaban J connectivity index is 1.95. The van der Waals surface area contributed by atoms with E-state index in [0.29, 0.717) is 0 Å². The number of carbonyl (C=O) groups is 1. The van der Waals surface area contributed by atoms with E-state index in [1.165, 1.54) is 12.1 Å². The molecule has 1 fully saturated rings. The molecular formula is C13H19N3O6S. The Morgan fingerprint density at radius 2 is 1.96 bits per heavy atom. The van der Waals surface area contributed by atoms with Crippen LogP contribution in [0.15, 0.2) is 24.3 Å². The van der Waals surface area contributed by atoms with Gasteiger partial charge in [0.05, 0.1) is 11.7 Å². The highest BCUT2D eigenvalue weighted by molar-refractivity contribution is 7.88. The second-order valence-corrected chi connectivity index (χ2v) is 6.73. The summed E-state index contributed by atoms with van der Waals surface area (Å²) in [5, 5.41) is 19.3. The van der Waals surface area contributed by atoms with Crippen LogP contribution in [-0.4, -0.2) is 55.5 Å². The Hall–Kier alpha value is -1.72. The van der Waals surface area contributed by atoms with Crippen LogP contribution in [0.25, 0.3) is 0 Å². The van der Waals surface area contributed by atoms with Gasteiger partial charge in [0.1, 0.15) is 18.3 Å². The number of nitrogens with two attached hydrogens (primary N) is 1. The Kier molecular flexibility index (Phi) is 5.22. The quantitative estimate of drug-likeness (QED) is 0.401. The van der Waals surface area contributed by atoms with Crippen molar-refractivity contribution in [3.8, 4) is 0 Å². The number of aliphatic hydroxyl groups is 2.